The van der Waals surface area contributed by atoms with Gasteiger partial charge in [0.2, 0.25) is 0 Å². The first kappa shape index (κ1) is 20.9. The van der Waals surface area contributed by atoms with Gasteiger partial charge in [0.1, 0.15) is 6.17 Å². The van der Waals surface area contributed by atoms with Crippen molar-refractivity contribution in [2.45, 2.75) is 19.1 Å². The lowest BCUT2D eigenvalue weighted by atomic mass is 9.91. The van der Waals surface area contributed by atoms with Crippen molar-refractivity contribution in [1.29, 1.82) is 0 Å². The first-order valence-corrected chi connectivity index (χ1v) is 11.0. The molecular weight excluding hydrogens is 464 g/mol. The average molecular weight is 486 g/mol. The second-order valence-corrected chi connectivity index (χ2v) is 8.47. The summed E-state index contributed by atoms with van der Waals surface area (Å²) in [5, 5.41) is 4.29. The lowest BCUT2D eigenvalue weighted by Crippen LogP contribution is -2.44. The molecule has 0 aliphatic carbocycles. The molecule has 0 spiro atoms. The van der Waals surface area contributed by atoms with Crippen molar-refractivity contribution in [3.63, 3.8) is 0 Å². The van der Waals surface area contributed by atoms with Gasteiger partial charge in [-0.1, -0.05) is 70.0 Å². The van der Waals surface area contributed by atoms with Crippen molar-refractivity contribution in [2.75, 3.05) is 18.5 Å². The van der Waals surface area contributed by atoms with Crippen LogP contribution in [0.25, 0.3) is 0 Å². The van der Waals surface area contributed by atoms with Crippen LogP contribution in [0.3, 0.4) is 0 Å². The van der Waals surface area contributed by atoms with Crippen LogP contribution in [0.1, 0.15) is 35.8 Å². The summed E-state index contributed by atoms with van der Waals surface area (Å²) in [6.07, 6.45) is -0.217. The number of ether oxygens (including phenoxy) is 1. The summed E-state index contributed by atoms with van der Waals surface area (Å²) in [6, 6.07) is 24.0. The molecule has 4 nitrogen and oxygen atoms in total. The molecule has 1 aliphatic heterocycles. The van der Waals surface area contributed by atoms with Gasteiger partial charge in [0.15, 0.2) is 0 Å². The predicted molar refractivity (Wildman–Crippen MR) is 124 cm³/mol. The number of rotatable bonds is 5. The minimum Gasteiger partial charge on any atom is -0.465 e. The van der Waals surface area contributed by atoms with Gasteiger partial charge in [-0.05, 0) is 53.9 Å². The minimum absolute atomic E-state index is 0.120. The van der Waals surface area contributed by atoms with Crippen LogP contribution in [0.15, 0.2) is 77.3 Å². The van der Waals surface area contributed by atoms with E-state index in [-0.39, 0.29) is 24.7 Å². The SMILES string of the molecule is CCOC(=O)CN1[C@@H](c2ccccc2)c2cc(Br)ccc2N[C@@H]1c1ccc(Cl)cc1. The van der Waals surface area contributed by atoms with Gasteiger partial charge in [-0.25, -0.2) is 0 Å². The number of hydrogen-bond acceptors (Lipinski definition) is 4. The average Bonchev–Trinajstić information content (AvgIpc) is 2.75. The molecule has 1 aliphatic rings. The topological polar surface area (TPSA) is 41.6 Å². The van der Waals surface area contributed by atoms with Crippen LogP contribution in [0, 0.1) is 0 Å². The molecule has 3 aromatic rings. The zero-order chi connectivity index (χ0) is 21.1. The normalized spacial score (nSPS) is 18.4. The molecule has 0 saturated heterocycles. The fraction of sp³-hybridized carbons (Fsp3) is 0.208. The summed E-state index contributed by atoms with van der Waals surface area (Å²) < 4.78 is 6.30. The van der Waals surface area contributed by atoms with Crippen molar-refractivity contribution < 1.29 is 9.53 Å². The molecule has 0 saturated carbocycles. The van der Waals surface area contributed by atoms with Gasteiger partial charge in [-0.15, -0.1) is 0 Å². The number of nitrogens with one attached hydrogen (secondary N) is 1. The highest BCUT2D eigenvalue weighted by atomic mass is 79.9. The number of nitrogens with zero attached hydrogens (tertiary/aromatic N) is 1. The number of anilines is 1. The Bertz CT molecular complexity index is 1030. The van der Waals surface area contributed by atoms with Crippen molar-refractivity contribution >= 4 is 39.2 Å². The van der Waals surface area contributed by atoms with E-state index in [1.807, 2.05) is 55.5 Å². The molecule has 4 rings (SSSR count). The van der Waals surface area contributed by atoms with Gasteiger partial charge >= 0.3 is 5.97 Å². The van der Waals surface area contributed by atoms with Crippen molar-refractivity contribution in [1.82, 2.24) is 4.90 Å². The van der Waals surface area contributed by atoms with Gasteiger partial charge < -0.3 is 10.1 Å². The van der Waals surface area contributed by atoms with E-state index < -0.39 is 0 Å². The quantitative estimate of drug-likeness (QED) is 0.438. The van der Waals surface area contributed by atoms with Crippen LogP contribution in [-0.4, -0.2) is 24.0 Å². The summed E-state index contributed by atoms with van der Waals surface area (Å²) in [6.45, 7) is 2.33. The van der Waals surface area contributed by atoms with Crippen LogP contribution in [-0.2, 0) is 9.53 Å². The number of hydrogen-bond donors (Lipinski definition) is 1. The summed E-state index contributed by atoms with van der Waals surface area (Å²) in [5.74, 6) is -0.252. The molecule has 0 aromatic heterocycles. The maximum Gasteiger partial charge on any atom is 0.320 e. The Morgan fingerprint density at radius 2 is 1.80 bits per heavy atom. The number of carbonyl (C=O) groups is 1. The van der Waals surface area contributed by atoms with E-state index in [2.05, 4.69) is 50.4 Å². The number of fused-ring (bicyclic) bond motifs is 1. The highest BCUT2D eigenvalue weighted by Crippen LogP contribution is 2.44. The van der Waals surface area contributed by atoms with E-state index in [9.17, 15) is 4.79 Å². The second-order valence-electron chi connectivity index (χ2n) is 7.12. The number of halogens is 2. The minimum atomic E-state index is -0.252. The van der Waals surface area contributed by atoms with Crippen LogP contribution in [0.2, 0.25) is 5.02 Å². The Hall–Kier alpha value is -2.34. The summed E-state index contributed by atoms with van der Waals surface area (Å²) in [7, 11) is 0. The molecule has 0 fully saturated rings. The maximum atomic E-state index is 12.6. The summed E-state index contributed by atoms with van der Waals surface area (Å²) in [4.78, 5) is 14.7. The lowest BCUT2D eigenvalue weighted by molar-refractivity contribution is -0.145. The van der Waals surface area contributed by atoms with Crippen LogP contribution < -0.4 is 5.32 Å². The Morgan fingerprint density at radius 1 is 1.07 bits per heavy atom. The molecule has 2 atom stereocenters. The van der Waals surface area contributed by atoms with Gasteiger partial charge in [0.25, 0.3) is 0 Å². The van der Waals surface area contributed by atoms with E-state index in [1.54, 1.807) is 0 Å². The third kappa shape index (κ3) is 4.38. The fourth-order valence-corrected chi connectivity index (χ4v) is 4.42. The molecule has 6 heteroatoms. The maximum absolute atomic E-state index is 12.6. The smallest absolute Gasteiger partial charge is 0.320 e. The Labute approximate surface area is 189 Å². The fourth-order valence-electron chi connectivity index (χ4n) is 3.91. The first-order valence-electron chi connectivity index (χ1n) is 9.84. The molecule has 30 heavy (non-hydrogen) atoms. The second kappa shape index (κ2) is 9.21. The zero-order valence-electron chi connectivity index (χ0n) is 16.5. The molecule has 154 valence electrons. The molecule has 1 heterocycles. The highest BCUT2D eigenvalue weighted by molar-refractivity contribution is 9.10. The molecule has 0 bridgehead atoms. The zero-order valence-corrected chi connectivity index (χ0v) is 18.9. The lowest BCUT2D eigenvalue weighted by Gasteiger charge is -2.44. The molecule has 1 N–H and O–H groups in total. The standard InChI is InChI=1S/C24H22BrClN2O2/c1-2-30-22(29)15-28-23(16-6-4-3-5-7-16)20-14-18(25)10-13-21(20)27-24(28)17-8-11-19(26)12-9-17/h3-14,23-24,27H,2,15H2,1H3/t23-,24-/m0/s1. The number of esters is 1. The van der Waals surface area contributed by atoms with Crippen molar-refractivity contribution in [3.05, 3.63) is 99.0 Å². The van der Waals surface area contributed by atoms with E-state index in [1.165, 1.54) is 0 Å². The van der Waals surface area contributed by atoms with E-state index in [0.717, 1.165) is 26.9 Å². The molecule has 3 aromatic carbocycles. The summed E-state index contributed by atoms with van der Waals surface area (Å²) in [5.41, 5.74) is 4.28. The first-order chi connectivity index (χ1) is 14.6. The van der Waals surface area contributed by atoms with Crippen molar-refractivity contribution in [2.24, 2.45) is 0 Å². The molecular formula is C24H22BrClN2O2. The Morgan fingerprint density at radius 3 is 2.50 bits per heavy atom. The van der Waals surface area contributed by atoms with Gasteiger partial charge in [0, 0.05) is 15.2 Å². The van der Waals surface area contributed by atoms with Gasteiger partial charge in [0.05, 0.1) is 19.2 Å². The van der Waals surface area contributed by atoms with Crippen LogP contribution in [0.5, 0.6) is 0 Å². The van der Waals surface area contributed by atoms with Crippen LogP contribution in [0.4, 0.5) is 5.69 Å². The third-order valence-electron chi connectivity index (χ3n) is 5.18. The van der Waals surface area contributed by atoms with Crippen molar-refractivity contribution in [3.8, 4) is 0 Å². The predicted octanol–water partition coefficient (Wildman–Crippen LogP) is 6.18. The monoisotopic (exact) mass is 484 g/mol. The van der Waals surface area contributed by atoms with E-state index in [0.29, 0.717) is 11.6 Å². The van der Waals surface area contributed by atoms with E-state index in [4.69, 9.17) is 16.3 Å². The Kier molecular flexibility index (Phi) is 6.42. The largest absolute Gasteiger partial charge is 0.465 e. The molecule has 0 radical (unpaired) electrons. The third-order valence-corrected chi connectivity index (χ3v) is 5.93. The molecule has 0 unspecified atom stereocenters. The Balaban J connectivity index is 1.86. The van der Waals surface area contributed by atoms with Gasteiger partial charge in [-0.2, -0.15) is 0 Å². The number of benzene rings is 3. The van der Waals surface area contributed by atoms with Gasteiger partial charge in [-0.3, -0.25) is 9.69 Å². The van der Waals surface area contributed by atoms with E-state index >= 15 is 0 Å². The molecule has 0 amide bonds. The van der Waals surface area contributed by atoms with Crippen LogP contribution >= 0.6 is 27.5 Å². The number of carbonyl (C=O) groups excluding carboxylic acids is 1. The highest BCUT2D eigenvalue weighted by Gasteiger charge is 2.37. The summed E-state index contributed by atoms with van der Waals surface area (Å²) >= 11 is 9.72.